The lowest BCUT2D eigenvalue weighted by Crippen LogP contribution is -1.99. The largest absolute Gasteiger partial charge is 0.396 e. The number of nitrogens with zero attached hydrogens (tertiary/aromatic N) is 1. The fourth-order valence-electron chi connectivity index (χ4n) is 1.88. The zero-order valence-electron chi connectivity index (χ0n) is 10.9. The molecule has 3 N–H and O–H groups in total. The number of nitrogens with two attached hydrogens (primary N) is 1. The lowest BCUT2D eigenvalue weighted by atomic mass is 10.1. The van der Waals surface area contributed by atoms with Crippen LogP contribution in [-0.2, 0) is 6.42 Å². The summed E-state index contributed by atoms with van der Waals surface area (Å²) < 4.78 is 0. The lowest BCUT2D eigenvalue weighted by molar-refractivity contribution is 0.922. The van der Waals surface area contributed by atoms with Crippen molar-refractivity contribution in [3.05, 3.63) is 47.7 Å². The van der Waals surface area contributed by atoms with Crippen molar-refractivity contribution in [1.29, 1.82) is 0 Å². The van der Waals surface area contributed by atoms with E-state index in [4.69, 9.17) is 5.73 Å². The molecule has 0 saturated heterocycles. The number of anilines is 3. The molecule has 0 unspecified atom stereocenters. The van der Waals surface area contributed by atoms with Gasteiger partial charge in [-0.2, -0.15) is 0 Å². The second kappa shape index (κ2) is 5.54. The molecule has 2 rings (SSSR count). The van der Waals surface area contributed by atoms with E-state index in [1.165, 1.54) is 12.0 Å². The van der Waals surface area contributed by atoms with Crippen LogP contribution in [0.25, 0.3) is 0 Å². The minimum Gasteiger partial charge on any atom is -0.396 e. The van der Waals surface area contributed by atoms with Gasteiger partial charge in [0.25, 0.3) is 0 Å². The van der Waals surface area contributed by atoms with Gasteiger partial charge in [-0.3, -0.25) is 0 Å². The number of aromatic nitrogens is 1. The highest BCUT2D eigenvalue weighted by atomic mass is 15.0. The molecule has 3 nitrogen and oxygen atoms in total. The maximum absolute atomic E-state index is 5.92. The molecule has 0 radical (unpaired) electrons. The summed E-state index contributed by atoms with van der Waals surface area (Å²) in [5.41, 5.74) is 10.0. The Morgan fingerprint density at radius 2 is 1.94 bits per heavy atom. The molecule has 0 aliphatic heterocycles. The molecule has 0 aliphatic rings. The smallest absolute Gasteiger partial charge is 0.153 e. The topological polar surface area (TPSA) is 50.9 Å². The van der Waals surface area contributed by atoms with Crippen LogP contribution in [0.3, 0.4) is 0 Å². The van der Waals surface area contributed by atoms with Gasteiger partial charge in [0.1, 0.15) is 0 Å². The van der Waals surface area contributed by atoms with Crippen LogP contribution in [0, 0.1) is 6.92 Å². The molecule has 1 aromatic carbocycles. The first-order chi connectivity index (χ1) is 8.69. The van der Waals surface area contributed by atoms with Gasteiger partial charge < -0.3 is 11.1 Å². The number of pyridine rings is 1. The summed E-state index contributed by atoms with van der Waals surface area (Å²) in [4.78, 5) is 4.30. The summed E-state index contributed by atoms with van der Waals surface area (Å²) in [6.45, 7) is 4.16. The first-order valence-electron chi connectivity index (χ1n) is 6.27. The number of nitrogen functional groups attached to an aromatic ring is 1. The lowest BCUT2D eigenvalue weighted by Gasteiger charge is -2.09. The first kappa shape index (κ1) is 12.4. The minimum absolute atomic E-state index is 0.674. The van der Waals surface area contributed by atoms with Crippen LogP contribution in [0.15, 0.2) is 36.5 Å². The van der Waals surface area contributed by atoms with Gasteiger partial charge in [0.05, 0.1) is 5.69 Å². The van der Waals surface area contributed by atoms with Crippen molar-refractivity contribution in [2.75, 3.05) is 11.1 Å². The van der Waals surface area contributed by atoms with Crippen molar-refractivity contribution in [1.82, 2.24) is 4.98 Å². The molecule has 18 heavy (non-hydrogen) atoms. The number of hydrogen-bond donors (Lipinski definition) is 2. The number of rotatable bonds is 4. The molecule has 1 heterocycles. The molecule has 0 fully saturated rings. The summed E-state index contributed by atoms with van der Waals surface area (Å²) >= 11 is 0. The molecular formula is C15H19N3. The van der Waals surface area contributed by atoms with Crippen LogP contribution in [-0.4, -0.2) is 4.98 Å². The van der Waals surface area contributed by atoms with Crippen molar-refractivity contribution in [2.45, 2.75) is 26.7 Å². The zero-order chi connectivity index (χ0) is 13.0. The normalized spacial score (nSPS) is 10.3. The maximum atomic E-state index is 5.92. The molecule has 1 aromatic heterocycles. The second-order valence-electron chi connectivity index (χ2n) is 4.52. The Balaban J connectivity index is 2.13. The molecule has 0 atom stereocenters. The van der Waals surface area contributed by atoms with Gasteiger partial charge in [-0.25, -0.2) is 4.98 Å². The summed E-state index contributed by atoms with van der Waals surface area (Å²) in [5.74, 6) is 0.712. The van der Waals surface area contributed by atoms with Gasteiger partial charge in [0.15, 0.2) is 5.82 Å². The van der Waals surface area contributed by atoms with Gasteiger partial charge in [-0.05, 0) is 42.7 Å². The molecule has 0 amide bonds. The van der Waals surface area contributed by atoms with E-state index in [9.17, 15) is 0 Å². The average molecular weight is 241 g/mol. The van der Waals surface area contributed by atoms with E-state index >= 15 is 0 Å². The quantitative estimate of drug-likeness (QED) is 0.858. The number of hydrogen-bond acceptors (Lipinski definition) is 3. The Bertz CT molecular complexity index is 518. The SMILES string of the molecule is CCCc1ccc(Nc2ncc(C)cc2N)cc1. The maximum Gasteiger partial charge on any atom is 0.153 e. The van der Waals surface area contributed by atoms with Crippen molar-refractivity contribution in [3.8, 4) is 0 Å². The van der Waals surface area contributed by atoms with Crippen molar-refractivity contribution < 1.29 is 0 Å². The van der Waals surface area contributed by atoms with Crippen LogP contribution in [0.2, 0.25) is 0 Å². The van der Waals surface area contributed by atoms with Gasteiger partial charge in [0, 0.05) is 11.9 Å². The standard InChI is InChI=1S/C15H19N3/c1-3-4-12-5-7-13(8-6-12)18-15-14(16)9-11(2)10-17-15/h5-10H,3-4,16H2,1-2H3,(H,17,18). The highest BCUT2D eigenvalue weighted by Gasteiger charge is 2.01. The molecule has 2 aromatic rings. The van der Waals surface area contributed by atoms with E-state index in [0.29, 0.717) is 11.5 Å². The first-order valence-corrected chi connectivity index (χ1v) is 6.27. The molecule has 3 heteroatoms. The van der Waals surface area contributed by atoms with Gasteiger partial charge in [-0.15, -0.1) is 0 Å². The number of nitrogens with one attached hydrogen (secondary N) is 1. The summed E-state index contributed by atoms with van der Waals surface area (Å²) in [6, 6.07) is 10.3. The Morgan fingerprint density at radius 3 is 2.56 bits per heavy atom. The highest BCUT2D eigenvalue weighted by Crippen LogP contribution is 2.21. The Kier molecular flexibility index (Phi) is 3.82. The van der Waals surface area contributed by atoms with Crippen LogP contribution in [0.5, 0.6) is 0 Å². The third-order valence-electron chi connectivity index (χ3n) is 2.81. The summed E-state index contributed by atoms with van der Waals surface area (Å²) in [7, 11) is 0. The van der Waals surface area contributed by atoms with Crippen molar-refractivity contribution >= 4 is 17.2 Å². The monoisotopic (exact) mass is 241 g/mol. The van der Waals surface area contributed by atoms with Gasteiger partial charge in [0.2, 0.25) is 0 Å². The molecular weight excluding hydrogens is 222 g/mol. The van der Waals surface area contributed by atoms with E-state index in [2.05, 4.69) is 41.5 Å². The third kappa shape index (κ3) is 3.00. The molecule has 0 spiro atoms. The Morgan fingerprint density at radius 1 is 1.22 bits per heavy atom. The van der Waals surface area contributed by atoms with E-state index in [1.54, 1.807) is 0 Å². The molecule has 94 valence electrons. The van der Waals surface area contributed by atoms with Crippen molar-refractivity contribution in [3.63, 3.8) is 0 Å². The summed E-state index contributed by atoms with van der Waals surface area (Å²) in [5, 5.41) is 3.23. The van der Waals surface area contributed by atoms with Crippen LogP contribution in [0.4, 0.5) is 17.2 Å². The van der Waals surface area contributed by atoms with Gasteiger partial charge in [-0.1, -0.05) is 25.5 Å². The average Bonchev–Trinajstić information content (AvgIpc) is 2.35. The molecule has 0 aliphatic carbocycles. The summed E-state index contributed by atoms with van der Waals surface area (Å²) in [6.07, 6.45) is 4.09. The van der Waals surface area contributed by atoms with E-state index in [0.717, 1.165) is 17.7 Å². The predicted octanol–water partition coefficient (Wildman–Crippen LogP) is 3.67. The van der Waals surface area contributed by atoms with E-state index < -0.39 is 0 Å². The number of benzene rings is 1. The molecule has 0 bridgehead atoms. The predicted molar refractivity (Wildman–Crippen MR) is 77.1 cm³/mol. The van der Waals surface area contributed by atoms with Crippen LogP contribution >= 0.6 is 0 Å². The fourth-order valence-corrected chi connectivity index (χ4v) is 1.88. The van der Waals surface area contributed by atoms with Crippen LogP contribution < -0.4 is 11.1 Å². The van der Waals surface area contributed by atoms with E-state index in [1.807, 2.05) is 19.2 Å². The fraction of sp³-hybridized carbons (Fsp3) is 0.267. The Labute approximate surface area is 108 Å². The number of aryl methyl sites for hydroxylation is 2. The third-order valence-corrected chi connectivity index (χ3v) is 2.81. The van der Waals surface area contributed by atoms with Crippen molar-refractivity contribution in [2.24, 2.45) is 0 Å². The second-order valence-corrected chi connectivity index (χ2v) is 4.52. The Hall–Kier alpha value is -2.03. The van der Waals surface area contributed by atoms with E-state index in [-0.39, 0.29) is 0 Å². The minimum atomic E-state index is 0.674. The van der Waals surface area contributed by atoms with Crippen LogP contribution in [0.1, 0.15) is 24.5 Å². The van der Waals surface area contributed by atoms with Gasteiger partial charge >= 0.3 is 0 Å². The zero-order valence-corrected chi connectivity index (χ0v) is 10.9. The highest BCUT2D eigenvalue weighted by molar-refractivity contribution is 5.68. The molecule has 0 saturated carbocycles.